The maximum Gasteiger partial charge on any atom is 0.340 e. The molecule has 0 saturated carbocycles. The van der Waals surface area contributed by atoms with Gasteiger partial charge < -0.3 is 15.5 Å². The van der Waals surface area contributed by atoms with Gasteiger partial charge in [-0.05, 0) is 0 Å². The van der Waals surface area contributed by atoms with Gasteiger partial charge in [0.15, 0.2) is 0 Å². The van der Waals surface area contributed by atoms with Gasteiger partial charge in [-0.15, -0.1) is 0 Å². The van der Waals surface area contributed by atoms with Gasteiger partial charge in [0.05, 0.1) is 18.4 Å². The number of aromatic nitrogens is 1. The molecule has 64 valence electrons. The zero-order chi connectivity index (χ0) is 9.14. The monoisotopic (exact) mass is 168 g/mol. The summed E-state index contributed by atoms with van der Waals surface area (Å²) in [4.78, 5) is 24.0. The first kappa shape index (κ1) is 8.32. The Morgan fingerprint density at radius 3 is 2.92 bits per heavy atom. The van der Waals surface area contributed by atoms with Crippen LogP contribution in [0.2, 0.25) is 0 Å². The van der Waals surface area contributed by atoms with Gasteiger partial charge in [-0.3, -0.25) is 4.79 Å². The lowest BCUT2D eigenvalue weighted by molar-refractivity contribution is 0.0601. The van der Waals surface area contributed by atoms with Crippen LogP contribution in [0.3, 0.4) is 0 Å². The number of H-pyrrole nitrogens is 1. The summed E-state index contributed by atoms with van der Waals surface area (Å²) in [6, 6.07) is 1.10. The first-order valence-corrected chi connectivity index (χ1v) is 3.21. The lowest BCUT2D eigenvalue weighted by Gasteiger charge is -2.00. The third-order valence-electron chi connectivity index (χ3n) is 1.36. The molecule has 0 bridgehead atoms. The number of pyridine rings is 1. The predicted molar refractivity (Wildman–Crippen MR) is 42.8 cm³/mol. The zero-order valence-electron chi connectivity index (χ0n) is 6.46. The van der Waals surface area contributed by atoms with E-state index in [-0.39, 0.29) is 16.8 Å². The molecule has 0 aliphatic heterocycles. The molecule has 0 atom stereocenters. The Balaban J connectivity index is 3.22. The van der Waals surface area contributed by atoms with Crippen molar-refractivity contribution in [1.29, 1.82) is 0 Å². The van der Waals surface area contributed by atoms with E-state index in [4.69, 9.17) is 5.73 Å². The van der Waals surface area contributed by atoms with Crippen molar-refractivity contribution in [2.45, 2.75) is 0 Å². The zero-order valence-corrected chi connectivity index (χ0v) is 6.46. The van der Waals surface area contributed by atoms with Crippen LogP contribution in [0.4, 0.5) is 5.69 Å². The van der Waals surface area contributed by atoms with E-state index in [9.17, 15) is 9.59 Å². The number of esters is 1. The molecule has 0 aliphatic rings. The second kappa shape index (κ2) is 3.08. The van der Waals surface area contributed by atoms with Crippen LogP contribution in [0.1, 0.15) is 10.4 Å². The second-order valence-electron chi connectivity index (χ2n) is 2.16. The average molecular weight is 168 g/mol. The number of nitrogen functional groups attached to an aromatic ring is 1. The lowest BCUT2D eigenvalue weighted by atomic mass is 10.2. The van der Waals surface area contributed by atoms with Crippen LogP contribution in [0.5, 0.6) is 0 Å². The minimum atomic E-state index is -0.612. The first-order chi connectivity index (χ1) is 5.65. The first-order valence-electron chi connectivity index (χ1n) is 3.21. The molecule has 5 nitrogen and oxygen atoms in total. The summed E-state index contributed by atoms with van der Waals surface area (Å²) in [6.45, 7) is 0. The maximum absolute atomic E-state index is 10.9. The van der Waals surface area contributed by atoms with Crippen LogP contribution in [-0.4, -0.2) is 18.1 Å². The van der Waals surface area contributed by atoms with Crippen LogP contribution in [-0.2, 0) is 4.74 Å². The number of carbonyl (C=O) groups excluding carboxylic acids is 1. The van der Waals surface area contributed by atoms with Crippen molar-refractivity contribution in [3.05, 3.63) is 28.2 Å². The third kappa shape index (κ3) is 1.45. The summed E-state index contributed by atoms with van der Waals surface area (Å²) < 4.78 is 4.40. The minimum absolute atomic E-state index is 0.0845. The normalized spacial score (nSPS) is 9.42. The van der Waals surface area contributed by atoms with E-state index in [1.54, 1.807) is 0 Å². The average Bonchev–Trinajstić information content (AvgIpc) is 2.08. The highest BCUT2D eigenvalue weighted by molar-refractivity contribution is 5.94. The van der Waals surface area contributed by atoms with Crippen molar-refractivity contribution >= 4 is 11.7 Å². The van der Waals surface area contributed by atoms with E-state index in [0.717, 1.165) is 6.07 Å². The molecule has 0 unspecified atom stereocenters. The smallest absolute Gasteiger partial charge is 0.340 e. The molecule has 0 amide bonds. The fraction of sp³-hybridized carbons (Fsp3) is 0.143. The topological polar surface area (TPSA) is 85.2 Å². The van der Waals surface area contributed by atoms with Gasteiger partial charge in [0.1, 0.15) is 0 Å². The van der Waals surface area contributed by atoms with Crippen LogP contribution in [0.25, 0.3) is 0 Å². The van der Waals surface area contributed by atoms with E-state index < -0.39 is 5.97 Å². The van der Waals surface area contributed by atoms with Gasteiger partial charge in [-0.25, -0.2) is 4.79 Å². The quantitative estimate of drug-likeness (QED) is 0.566. The van der Waals surface area contributed by atoms with E-state index in [1.807, 2.05) is 0 Å². The summed E-state index contributed by atoms with van der Waals surface area (Å²) in [7, 11) is 1.23. The number of aromatic amines is 1. The van der Waals surface area contributed by atoms with Gasteiger partial charge in [-0.2, -0.15) is 0 Å². The fourth-order valence-electron chi connectivity index (χ4n) is 0.769. The molecule has 0 aromatic carbocycles. The Labute approximate surface area is 68.2 Å². The van der Waals surface area contributed by atoms with Crippen LogP contribution in [0, 0.1) is 0 Å². The lowest BCUT2D eigenvalue weighted by Crippen LogP contribution is -2.13. The molecular weight excluding hydrogens is 160 g/mol. The molecule has 1 heterocycles. The Morgan fingerprint density at radius 2 is 2.33 bits per heavy atom. The van der Waals surface area contributed by atoms with Crippen LogP contribution < -0.4 is 11.3 Å². The second-order valence-corrected chi connectivity index (χ2v) is 2.16. The molecule has 5 heteroatoms. The highest BCUT2D eigenvalue weighted by Crippen LogP contribution is 2.06. The van der Waals surface area contributed by atoms with Gasteiger partial charge in [0, 0.05) is 12.3 Å². The number of rotatable bonds is 1. The molecule has 1 rings (SSSR count). The highest BCUT2D eigenvalue weighted by atomic mass is 16.5. The summed E-state index contributed by atoms with van der Waals surface area (Å²) in [6.07, 6.45) is 1.26. The van der Waals surface area contributed by atoms with E-state index in [2.05, 4.69) is 9.72 Å². The van der Waals surface area contributed by atoms with Crippen LogP contribution >= 0.6 is 0 Å². The van der Waals surface area contributed by atoms with Crippen LogP contribution in [0.15, 0.2) is 17.1 Å². The highest BCUT2D eigenvalue weighted by Gasteiger charge is 2.09. The maximum atomic E-state index is 10.9. The number of anilines is 1. The number of hydrogen-bond donors (Lipinski definition) is 2. The van der Waals surface area contributed by atoms with E-state index in [0.29, 0.717) is 0 Å². The summed E-state index contributed by atoms with van der Waals surface area (Å²) in [5.74, 6) is -0.612. The molecule has 0 spiro atoms. The largest absolute Gasteiger partial charge is 0.465 e. The van der Waals surface area contributed by atoms with Gasteiger partial charge in [0.25, 0.3) is 0 Å². The number of carbonyl (C=O) groups is 1. The van der Waals surface area contributed by atoms with Crippen molar-refractivity contribution < 1.29 is 9.53 Å². The number of nitrogens with one attached hydrogen (secondary N) is 1. The standard InChI is InChI=1S/C7H8N2O3/c1-12-7(11)4-2-6(10)9-3-5(4)8/h2-3H,8H2,1H3,(H,9,10). The SMILES string of the molecule is COC(=O)c1cc(=O)[nH]cc1N. The molecule has 0 radical (unpaired) electrons. The van der Waals surface area contributed by atoms with Gasteiger partial charge >= 0.3 is 5.97 Å². The van der Waals surface area contributed by atoms with Gasteiger partial charge in [-0.1, -0.05) is 0 Å². The summed E-state index contributed by atoms with van der Waals surface area (Å²) in [5.41, 5.74) is 5.29. The molecular formula is C7H8N2O3. The van der Waals surface area contributed by atoms with Crippen molar-refractivity contribution in [3.63, 3.8) is 0 Å². The predicted octanol–water partition coefficient (Wildman–Crippen LogP) is -0.256. The van der Waals surface area contributed by atoms with Crippen molar-refractivity contribution in [2.24, 2.45) is 0 Å². The fourth-order valence-corrected chi connectivity index (χ4v) is 0.769. The Hall–Kier alpha value is -1.78. The van der Waals surface area contributed by atoms with Crippen molar-refractivity contribution in [3.8, 4) is 0 Å². The molecule has 3 N–H and O–H groups in total. The Bertz CT molecular complexity index is 356. The van der Waals surface area contributed by atoms with E-state index in [1.165, 1.54) is 13.3 Å². The molecule has 0 aliphatic carbocycles. The molecule has 0 saturated heterocycles. The molecule has 0 fully saturated rings. The number of ether oxygens (including phenoxy) is 1. The number of nitrogens with two attached hydrogens (primary N) is 1. The van der Waals surface area contributed by atoms with Gasteiger partial charge in [0.2, 0.25) is 5.56 Å². The summed E-state index contributed by atoms with van der Waals surface area (Å²) in [5, 5.41) is 0. The number of methoxy groups -OCH3 is 1. The molecule has 1 aromatic heterocycles. The molecule has 12 heavy (non-hydrogen) atoms. The minimum Gasteiger partial charge on any atom is -0.465 e. The summed E-state index contributed by atoms with van der Waals surface area (Å²) >= 11 is 0. The molecule has 1 aromatic rings. The van der Waals surface area contributed by atoms with Crippen molar-refractivity contribution in [2.75, 3.05) is 12.8 Å². The Morgan fingerprint density at radius 1 is 1.67 bits per heavy atom. The van der Waals surface area contributed by atoms with Crippen molar-refractivity contribution in [1.82, 2.24) is 4.98 Å². The number of hydrogen-bond acceptors (Lipinski definition) is 4. The van der Waals surface area contributed by atoms with E-state index >= 15 is 0 Å². The Kier molecular flexibility index (Phi) is 2.14. The third-order valence-corrected chi connectivity index (χ3v) is 1.36.